The molecule has 2 heterocycles. The summed E-state index contributed by atoms with van der Waals surface area (Å²) in [5.41, 5.74) is 3.03. The number of carbonyl (C=O) groups is 2. The Kier molecular flexibility index (Phi) is 7.49. The maximum atomic E-state index is 15.3. The molecule has 2 N–H and O–H groups in total. The minimum Gasteiger partial charge on any atom is -0.488 e. The number of amides is 3. The predicted molar refractivity (Wildman–Crippen MR) is 155 cm³/mol. The van der Waals surface area contributed by atoms with Crippen LogP contribution in [0.25, 0.3) is 10.9 Å². The van der Waals surface area contributed by atoms with Gasteiger partial charge in [0.25, 0.3) is 5.91 Å². The summed E-state index contributed by atoms with van der Waals surface area (Å²) < 4.78 is 27.2. The third-order valence-corrected chi connectivity index (χ3v) is 6.99. The van der Waals surface area contributed by atoms with Crippen LogP contribution in [0.15, 0.2) is 103 Å². The largest absolute Gasteiger partial charge is 0.488 e. The zero-order valence-electron chi connectivity index (χ0n) is 22.4. The summed E-state index contributed by atoms with van der Waals surface area (Å²) in [5, 5.41) is 13.2. The topological polar surface area (TPSA) is 101 Å². The number of ether oxygens (including phenoxy) is 2. The monoisotopic (exact) mass is 563 g/mol. The Hall–Kier alpha value is -5.28. The lowest BCUT2D eigenvalue weighted by molar-refractivity contribution is -0.118. The fourth-order valence-corrected chi connectivity index (χ4v) is 4.87. The number of pyridine rings is 1. The van der Waals surface area contributed by atoms with Crippen molar-refractivity contribution in [1.82, 2.24) is 10.3 Å². The van der Waals surface area contributed by atoms with E-state index in [1.165, 1.54) is 18.3 Å². The summed E-state index contributed by atoms with van der Waals surface area (Å²) in [7, 11) is 0. The maximum Gasteiger partial charge on any atom is 0.329 e. The molecule has 5 aromatic rings. The van der Waals surface area contributed by atoms with Gasteiger partial charge in [-0.15, -0.1) is 0 Å². The van der Waals surface area contributed by atoms with E-state index in [-0.39, 0.29) is 18.0 Å². The SMILES string of the molecule is O=C1NC(Cc2ccccc2)C(=O)N1c1ccc(Oc2ccnc3cc(OCc4ccccc4)c(CO)cc23)c(F)c1. The van der Waals surface area contributed by atoms with Crippen molar-refractivity contribution >= 4 is 28.5 Å². The molecule has 42 heavy (non-hydrogen) atoms. The van der Waals surface area contributed by atoms with Crippen molar-refractivity contribution in [3.63, 3.8) is 0 Å². The molecule has 0 spiro atoms. The number of anilines is 1. The second-order valence-electron chi connectivity index (χ2n) is 9.80. The number of aliphatic hydroxyl groups is 1. The Bertz CT molecular complexity index is 1760. The summed E-state index contributed by atoms with van der Waals surface area (Å²) in [5.74, 6) is -0.523. The van der Waals surface area contributed by atoms with E-state index >= 15 is 4.39 Å². The van der Waals surface area contributed by atoms with Gasteiger partial charge in [-0.05, 0) is 35.4 Å². The third kappa shape index (κ3) is 5.50. The number of nitrogens with one attached hydrogen (secondary N) is 1. The standard InChI is InChI=1S/C33H26FN3O5/c34-26-17-24(37-32(39)28(36-33(37)40)15-21-7-3-1-4-8-21)11-12-30(26)42-29-13-14-35-27-18-31(23(19-38)16-25(27)29)41-20-22-9-5-2-6-10-22/h1-14,16-18,28,38H,15,19-20H2,(H,36,40). The number of halogens is 1. The number of hydrogen-bond donors (Lipinski definition) is 2. The highest BCUT2D eigenvalue weighted by Gasteiger charge is 2.39. The molecule has 210 valence electrons. The van der Waals surface area contributed by atoms with E-state index < -0.39 is 23.8 Å². The van der Waals surface area contributed by atoms with Gasteiger partial charge < -0.3 is 19.9 Å². The van der Waals surface area contributed by atoms with Crippen molar-refractivity contribution in [2.45, 2.75) is 25.7 Å². The molecule has 3 amide bonds. The van der Waals surface area contributed by atoms with Gasteiger partial charge in [0.05, 0.1) is 17.8 Å². The van der Waals surface area contributed by atoms with Crippen LogP contribution in [0.3, 0.4) is 0 Å². The van der Waals surface area contributed by atoms with Crippen molar-refractivity contribution < 1.29 is 28.6 Å². The molecular formula is C33H26FN3O5. The fourth-order valence-electron chi connectivity index (χ4n) is 4.87. The Morgan fingerprint density at radius 2 is 1.60 bits per heavy atom. The van der Waals surface area contributed by atoms with Crippen LogP contribution in [0.1, 0.15) is 16.7 Å². The van der Waals surface area contributed by atoms with Crippen molar-refractivity contribution in [2.75, 3.05) is 4.90 Å². The van der Waals surface area contributed by atoms with Gasteiger partial charge in [0.1, 0.15) is 24.1 Å². The maximum absolute atomic E-state index is 15.3. The lowest BCUT2D eigenvalue weighted by Crippen LogP contribution is -2.32. The second kappa shape index (κ2) is 11.7. The van der Waals surface area contributed by atoms with Crippen LogP contribution in [-0.4, -0.2) is 28.1 Å². The molecule has 6 rings (SSSR count). The van der Waals surface area contributed by atoms with Gasteiger partial charge in [-0.3, -0.25) is 9.78 Å². The van der Waals surface area contributed by atoms with Crippen LogP contribution in [0, 0.1) is 5.82 Å². The molecule has 1 aromatic heterocycles. The molecule has 4 aromatic carbocycles. The Balaban J connectivity index is 1.22. The molecule has 1 fully saturated rings. The van der Waals surface area contributed by atoms with Crippen molar-refractivity contribution in [3.05, 3.63) is 126 Å². The molecule has 1 aliphatic rings. The summed E-state index contributed by atoms with van der Waals surface area (Å²) in [4.78, 5) is 31.0. The molecule has 9 heteroatoms. The third-order valence-electron chi connectivity index (χ3n) is 6.99. The van der Waals surface area contributed by atoms with Crippen molar-refractivity contribution in [3.8, 4) is 17.2 Å². The van der Waals surface area contributed by atoms with Crippen LogP contribution < -0.4 is 19.7 Å². The first-order valence-electron chi connectivity index (χ1n) is 13.3. The predicted octanol–water partition coefficient (Wildman–Crippen LogP) is 5.91. The first-order chi connectivity index (χ1) is 20.5. The number of imide groups is 1. The van der Waals surface area contributed by atoms with E-state index in [0.29, 0.717) is 41.0 Å². The number of fused-ring (bicyclic) bond motifs is 1. The van der Waals surface area contributed by atoms with E-state index in [4.69, 9.17) is 9.47 Å². The highest BCUT2D eigenvalue weighted by Crippen LogP contribution is 2.36. The van der Waals surface area contributed by atoms with Crippen molar-refractivity contribution in [1.29, 1.82) is 0 Å². The highest BCUT2D eigenvalue weighted by molar-refractivity contribution is 6.21. The fraction of sp³-hybridized carbons (Fsp3) is 0.121. The number of nitrogens with zero attached hydrogens (tertiary/aromatic N) is 2. The quantitative estimate of drug-likeness (QED) is 0.217. The number of aromatic nitrogens is 1. The van der Waals surface area contributed by atoms with Gasteiger partial charge in [0.15, 0.2) is 11.6 Å². The van der Waals surface area contributed by atoms with Crippen LogP contribution in [0.2, 0.25) is 0 Å². The van der Waals surface area contributed by atoms with Crippen LogP contribution in [0.5, 0.6) is 17.2 Å². The molecular weight excluding hydrogens is 537 g/mol. The van der Waals surface area contributed by atoms with Gasteiger partial charge >= 0.3 is 6.03 Å². The Morgan fingerprint density at radius 3 is 2.31 bits per heavy atom. The Labute approximate surface area is 241 Å². The summed E-state index contributed by atoms with van der Waals surface area (Å²) in [6.07, 6.45) is 1.86. The average molecular weight is 564 g/mol. The smallest absolute Gasteiger partial charge is 0.329 e. The summed E-state index contributed by atoms with van der Waals surface area (Å²) in [6.45, 7) is 0.0340. The van der Waals surface area contributed by atoms with E-state index in [9.17, 15) is 14.7 Å². The number of hydrogen-bond acceptors (Lipinski definition) is 6. The number of rotatable bonds is 9. The number of aliphatic hydroxyl groups excluding tert-OH is 1. The number of urea groups is 1. The molecule has 0 bridgehead atoms. The van der Waals surface area contributed by atoms with Gasteiger partial charge in [0, 0.05) is 35.7 Å². The Morgan fingerprint density at radius 1 is 0.857 bits per heavy atom. The molecule has 0 aliphatic carbocycles. The minimum absolute atomic E-state index is 0.0975. The molecule has 8 nitrogen and oxygen atoms in total. The molecule has 1 saturated heterocycles. The zero-order chi connectivity index (χ0) is 29.1. The van der Waals surface area contributed by atoms with E-state index in [1.807, 2.05) is 60.7 Å². The normalized spacial score (nSPS) is 14.7. The number of carbonyl (C=O) groups excluding carboxylic acids is 2. The average Bonchev–Trinajstić information content (AvgIpc) is 3.29. The van der Waals surface area contributed by atoms with Crippen LogP contribution in [0.4, 0.5) is 14.9 Å². The minimum atomic E-state index is -0.755. The van der Waals surface area contributed by atoms with Crippen molar-refractivity contribution in [2.24, 2.45) is 0 Å². The van der Waals surface area contributed by atoms with Gasteiger partial charge in [-0.25, -0.2) is 14.1 Å². The van der Waals surface area contributed by atoms with Gasteiger partial charge in [0.2, 0.25) is 0 Å². The lowest BCUT2D eigenvalue weighted by Gasteiger charge is -2.16. The molecule has 1 atom stereocenters. The van der Waals surface area contributed by atoms with Gasteiger partial charge in [-0.1, -0.05) is 60.7 Å². The van der Waals surface area contributed by atoms with E-state index in [1.54, 1.807) is 18.2 Å². The van der Waals surface area contributed by atoms with Crippen LogP contribution >= 0.6 is 0 Å². The second-order valence-corrected chi connectivity index (χ2v) is 9.80. The first kappa shape index (κ1) is 26.9. The zero-order valence-corrected chi connectivity index (χ0v) is 22.4. The highest BCUT2D eigenvalue weighted by atomic mass is 19.1. The van der Waals surface area contributed by atoms with Crippen LogP contribution in [-0.2, 0) is 24.4 Å². The summed E-state index contributed by atoms with van der Waals surface area (Å²) >= 11 is 0. The number of benzene rings is 4. The molecule has 1 unspecified atom stereocenters. The van der Waals surface area contributed by atoms with Gasteiger partial charge in [-0.2, -0.15) is 0 Å². The van der Waals surface area contributed by atoms with E-state index in [0.717, 1.165) is 22.1 Å². The first-order valence-corrected chi connectivity index (χ1v) is 13.3. The summed E-state index contributed by atoms with van der Waals surface area (Å²) in [6, 6.07) is 26.5. The molecule has 0 radical (unpaired) electrons. The van der Waals surface area contributed by atoms with E-state index in [2.05, 4.69) is 10.3 Å². The lowest BCUT2D eigenvalue weighted by atomic mass is 10.1. The molecule has 1 aliphatic heterocycles. The molecule has 0 saturated carbocycles.